The zero-order valence-corrected chi connectivity index (χ0v) is 9.34. The number of ketones is 1. The minimum atomic E-state index is -0.565. The number of nitrogens with zero attached hydrogens (tertiary/aromatic N) is 1. The molecule has 0 amide bonds. The van der Waals surface area contributed by atoms with Gasteiger partial charge in [0, 0.05) is 6.08 Å². The number of Topliss-reactive ketones (excluding diaryl/α,β-unsaturated/α-hetero) is 1. The van der Waals surface area contributed by atoms with Crippen LogP contribution in [0.3, 0.4) is 0 Å². The molecule has 0 saturated heterocycles. The average Bonchev–Trinajstić information content (AvgIpc) is 2.34. The normalized spacial score (nSPS) is 9.88. The van der Waals surface area contributed by atoms with Crippen LogP contribution in [0.5, 0.6) is 0 Å². The molecule has 1 aromatic rings. The Morgan fingerprint density at radius 3 is 2.53 bits per heavy atom. The van der Waals surface area contributed by atoms with Crippen LogP contribution in [0.25, 0.3) is 6.08 Å². The summed E-state index contributed by atoms with van der Waals surface area (Å²) in [6, 6.07) is 8.74. The molecule has 0 atom stereocenters. The number of esters is 1. The average molecular weight is 229 g/mol. The SMILES string of the molecule is CC(=O)COC(=O)/C=C/c1ccc(C#N)cc1. The maximum absolute atomic E-state index is 11.1. The van der Waals surface area contributed by atoms with Crippen molar-refractivity contribution >= 4 is 17.8 Å². The van der Waals surface area contributed by atoms with Crippen molar-refractivity contribution < 1.29 is 14.3 Å². The molecule has 0 N–H and O–H groups in total. The van der Waals surface area contributed by atoms with E-state index in [1.54, 1.807) is 30.3 Å². The highest BCUT2D eigenvalue weighted by Crippen LogP contribution is 2.05. The Kier molecular flexibility index (Phi) is 4.64. The molecule has 0 spiro atoms. The molecule has 4 nitrogen and oxygen atoms in total. The van der Waals surface area contributed by atoms with Gasteiger partial charge in [-0.25, -0.2) is 4.79 Å². The van der Waals surface area contributed by atoms with Gasteiger partial charge in [0.25, 0.3) is 0 Å². The van der Waals surface area contributed by atoms with Crippen LogP contribution < -0.4 is 0 Å². The van der Waals surface area contributed by atoms with Gasteiger partial charge >= 0.3 is 5.97 Å². The summed E-state index contributed by atoms with van der Waals surface area (Å²) in [5.74, 6) is -0.769. The molecule has 1 aromatic carbocycles. The van der Waals surface area contributed by atoms with E-state index < -0.39 is 5.97 Å². The number of nitriles is 1. The van der Waals surface area contributed by atoms with Crippen LogP contribution in [0.1, 0.15) is 18.1 Å². The fourth-order valence-electron chi connectivity index (χ4n) is 1.05. The Morgan fingerprint density at radius 1 is 1.35 bits per heavy atom. The molecule has 0 aliphatic carbocycles. The van der Waals surface area contributed by atoms with Crippen LogP contribution in [0.2, 0.25) is 0 Å². The molecule has 86 valence electrons. The van der Waals surface area contributed by atoms with Crippen molar-refractivity contribution in [2.45, 2.75) is 6.92 Å². The second-order valence-electron chi connectivity index (χ2n) is 3.38. The summed E-state index contributed by atoms with van der Waals surface area (Å²) in [6.45, 7) is 1.13. The summed E-state index contributed by atoms with van der Waals surface area (Å²) < 4.78 is 4.64. The minimum Gasteiger partial charge on any atom is -0.455 e. The lowest BCUT2D eigenvalue weighted by Crippen LogP contribution is -2.08. The third-order valence-corrected chi connectivity index (χ3v) is 1.87. The van der Waals surface area contributed by atoms with Gasteiger partial charge in [0.05, 0.1) is 11.6 Å². The first kappa shape index (κ1) is 12.7. The van der Waals surface area contributed by atoms with Crippen LogP contribution in [-0.2, 0) is 14.3 Å². The zero-order chi connectivity index (χ0) is 12.7. The van der Waals surface area contributed by atoms with Gasteiger partial charge in [0.15, 0.2) is 5.78 Å². The summed E-state index contributed by atoms with van der Waals surface area (Å²) in [5, 5.41) is 8.59. The van der Waals surface area contributed by atoms with E-state index in [4.69, 9.17) is 5.26 Å². The summed E-state index contributed by atoms with van der Waals surface area (Å²) >= 11 is 0. The standard InChI is InChI=1S/C13H11NO3/c1-10(15)9-17-13(16)7-6-11-2-4-12(8-14)5-3-11/h2-7H,9H2,1H3/b7-6+. The fraction of sp³-hybridized carbons (Fsp3) is 0.154. The lowest BCUT2D eigenvalue weighted by atomic mass is 10.1. The molecule has 0 heterocycles. The van der Waals surface area contributed by atoms with E-state index >= 15 is 0 Å². The van der Waals surface area contributed by atoms with Crippen LogP contribution in [0, 0.1) is 11.3 Å². The van der Waals surface area contributed by atoms with Crippen molar-refractivity contribution in [1.29, 1.82) is 5.26 Å². The molecule has 4 heteroatoms. The summed E-state index contributed by atoms with van der Waals surface area (Å²) in [6.07, 6.45) is 2.80. The molecule has 1 rings (SSSR count). The molecule has 0 saturated carbocycles. The van der Waals surface area contributed by atoms with Gasteiger partial charge in [-0.05, 0) is 30.7 Å². The third-order valence-electron chi connectivity index (χ3n) is 1.87. The van der Waals surface area contributed by atoms with E-state index in [9.17, 15) is 9.59 Å². The molecule has 17 heavy (non-hydrogen) atoms. The summed E-state index contributed by atoms with van der Waals surface area (Å²) in [4.78, 5) is 21.7. The molecule has 0 unspecified atom stereocenters. The van der Waals surface area contributed by atoms with E-state index in [2.05, 4.69) is 4.74 Å². The molecule has 0 aliphatic heterocycles. The first-order chi connectivity index (χ1) is 8.11. The van der Waals surface area contributed by atoms with E-state index in [1.807, 2.05) is 6.07 Å². The van der Waals surface area contributed by atoms with Crippen LogP contribution in [-0.4, -0.2) is 18.4 Å². The van der Waals surface area contributed by atoms with Crippen molar-refractivity contribution in [1.82, 2.24) is 0 Å². The molecular weight excluding hydrogens is 218 g/mol. The van der Waals surface area contributed by atoms with E-state index in [1.165, 1.54) is 13.0 Å². The number of carbonyl (C=O) groups excluding carboxylic acids is 2. The van der Waals surface area contributed by atoms with Gasteiger partial charge < -0.3 is 4.74 Å². The highest BCUT2D eigenvalue weighted by Gasteiger charge is 1.99. The maximum Gasteiger partial charge on any atom is 0.331 e. The van der Waals surface area contributed by atoms with Gasteiger partial charge in [-0.1, -0.05) is 12.1 Å². The predicted octanol–water partition coefficient (Wildman–Crippen LogP) is 1.70. The maximum atomic E-state index is 11.1. The van der Waals surface area contributed by atoms with Gasteiger partial charge in [-0.2, -0.15) is 5.26 Å². The van der Waals surface area contributed by atoms with Gasteiger partial charge in [0.1, 0.15) is 6.61 Å². The number of carbonyl (C=O) groups is 2. The second kappa shape index (κ2) is 6.23. The van der Waals surface area contributed by atoms with Crippen LogP contribution >= 0.6 is 0 Å². The molecule has 0 fully saturated rings. The lowest BCUT2D eigenvalue weighted by molar-refractivity contribution is -0.142. The topological polar surface area (TPSA) is 67.2 Å². The van der Waals surface area contributed by atoms with E-state index in [-0.39, 0.29) is 12.4 Å². The van der Waals surface area contributed by atoms with Gasteiger partial charge in [-0.3, -0.25) is 4.79 Å². The summed E-state index contributed by atoms with van der Waals surface area (Å²) in [5.41, 5.74) is 1.34. The van der Waals surface area contributed by atoms with E-state index in [0.717, 1.165) is 5.56 Å². The van der Waals surface area contributed by atoms with Crippen molar-refractivity contribution in [3.8, 4) is 6.07 Å². The monoisotopic (exact) mass is 229 g/mol. The Balaban J connectivity index is 2.55. The highest BCUT2D eigenvalue weighted by atomic mass is 16.5. The number of hydrogen-bond donors (Lipinski definition) is 0. The molecular formula is C13H11NO3. The van der Waals surface area contributed by atoms with Crippen LogP contribution in [0.15, 0.2) is 30.3 Å². The highest BCUT2D eigenvalue weighted by molar-refractivity contribution is 5.89. The van der Waals surface area contributed by atoms with Crippen molar-refractivity contribution in [3.05, 3.63) is 41.5 Å². The largest absolute Gasteiger partial charge is 0.455 e. The first-order valence-corrected chi connectivity index (χ1v) is 4.96. The zero-order valence-electron chi connectivity index (χ0n) is 9.34. The Morgan fingerprint density at radius 2 is 2.00 bits per heavy atom. The van der Waals surface area contributed by atoms with Crippen molar-refractivity contribution in [2.24, 2.45) is 0 Å². The fourth-order valence-corrected chi connectivity index (χ4v) is 1.05. The Bertz CT molecular complexity index is 480. The number of ether oxygens (including phenoxy) is 1. The van der Waals surface area contributed by atoms with Crippen molar-refractivity contribution in [2.75, 3.05) is 6.61 Å². The second-order valence-corrected chi connectivity index (χ2v) is 3.38. The van der Waals surface area contributed by atoms with Crippen molar-refractivity contribution in [3.63, 3.8) is 0 Å². The Hall–Kier alpha value is -2.41. The quantitative estimate of drug-likeness (QED) is 0.582. The van der Waals surface area contributed by atoms with E-state index in [0.29, 0.717) is 5.56 Å². The molecule has 0 aliphatic rings. The molecule has 0 bridgehead atoms. The van der Waals surface area contributed by atoms with Gasteiger partial charge in [-0.15, -0.1) is 0 Å². The number of benzene rings is 1. The smallest absolute Gasteiger partial charge is 0.331 e. The van der Waals surface area contributed by atoms with Crippen LogP contribution in [0.4, 0.5) is 0 Å². The molecule has 0 radical (unpaired) electrons. The lowest BCUT2D eigenvalue weighted by Gasteiger charge is -1.97. The molecule has 0 aromatic heterocycles. The third kappa shape index (κ3) is 4.76. The Labute approximate surface area is 99.1 Å². The number of hydrogen-bond acceptors (Lipinski definition) is 4. The predicted molar refractivity (Wildman–Crippen MR) is 61.8 cm³/mol. The van der Waals surface area contributed by atoms with Gasteiger partial charge in [0.2, 0.25) is 0 Å². The number of rotatable bonds is 4. The summed E-state index contributed by atoms with van der Waals surface area (Å²) in [7, 11) is 0. The first-order valence-electron chi connectivity index (χ1n) is 4.96. The minimum absolute atomic E-state index is 0.204.